The van der Waals surface area contributed by atoms with Gasteiger partial charge < -0.3 is 4.74 Å². The normalized spacial score (nSPS) is 11.9. The Morgan fingerprint density at radius 2 is 2.20 bits per heavy atom. The summed E-state index contributed by atoms with van der Waals surface area (Å²) in [5.41, 5.74) is 3.14. The Hall–Kier alpha value is -1.55. The van der Waals surface area contributed by atoms with E-state index in [1.807, 2.05) is 31.2 Å². The number of nitrogens with two attached hydrogens (primary N) is 1. The first-order valence-corrected chi connectivity index (χ1v) is 4.94. The number of hydrazine groups is 1. The van der Waals surface area contributed by atoms with Gasteiger partial charge in [0.15, 0.2) is 6.10 Å². The molecule has 0 saturated heterocycles. The van der Waals surface area contributed by atoms with E-state index in [0.717, 1.165) is 17.7 Å². The van der Waals surface area contributed by atoms with Crippen LogP contribution in [0.2, 0.25) is 0 Å². The summed E-state index contributed by atoms with van der Waals surface area (Å²) in [5.74, 6) is 5.42. The number of benzene rings is 1. The third kappa shape index (κ3) is 2.95. The van der Waals surface area contributed by atoms with Gasteiger partial charge in [0.25, 0.3) is 5.91 Å². The molecule has 0 bridgehead atoms. The van der Waals surface area contributed by atoms with Crippen LogP contribution in [0.25, 0.3) is 0 Å². The monoisotopic (exact) mass is 208 g/mol. The van der Waals surface area contributed by atoms with Gasteiger partial charge in [-0.05, 0) is 25.0 Å². The van der Waals surface area contributed by atoms with Crippen LogP contribution in [0.3, 0.4) is 0 Å². The van der Waals surface area contributed by atoms with Crippen molar-refractivity contribution in [1.82, 2.24) is 5.43 Å². The highest BCUT2D eigenvalue weighted by Gasteiger charge is 2.13. The Morgan fingerprint density at radius 3 is 2.80 bits per heavy atom. The third-order valence-electron chi connectivity index (χ3n) is 2.17. The first kappa shape index (κ1) is 11.5. The molecule has 4 heteroatoms. The van der Waals surface area contributed by atoms with Gasteiger partial charge in [-0.1, -0.05) is 25.1 Å². The number of carbonyl (C=O) groups is 1. The van der Waals surface area contributed by atoms with E-state index < -0.39 is 6.10 Å². The number of rotatable bonds is 4. The highest BCUT2D eigenvalue weighted by atomic mass is 16.5. The zero-order chi connectivity index (χ0) is 11.3. The van der Waals surface area contributed by atoms with Crippen molar-refractivity contribution in [2.75, 3.05) is 0 Å². The van der Waals surface area contributed by atoms with Crippen LogP contribution in [0.15, 0.2) is 24.3 Å². The average molecular weight is 208 g/mol. The molecular formula is C11H16N2O2. The number of para-hydroxylation sites is 1. The first-order chi connectivity index (χ1) is 7.19. The fourth-order valence-corrected chi connectivity index (χ4v) is 1.27. The molecule has 0 saturated carbocycles. The van der Waals surface area contributed by atoms with E-state index >= 15 is 0 Å². The van der Waals surface area contributed by atoms with Crippen molar-refractivity contribution >= 4 is 5.91 Å². The lowest BCUT2D eigenvalue weighted by Gasteiger charge is -2.15. The fraction of sp³-hybridized carbons (Fsp3) is 0.364. The van der Waals surface area contributed by atoms with Gasteiger partial charge in [0.2, 0.25) is 0 Å². The van der Waals surface area contributed by atoms with Crippen LogP contribution in [0.5, 0.6) is 5.75 Å². The Labute approximate surface area is 89.4 Å². The predicted octanol–water partition coefficient (Wildman–Crippen LogP) is 1.01. The lowest BCUT2D eigenvalue weighted by molar-refractivity contribution is -0.127. The number of hydrogen-bond donors (Lipinski definition) is 2. The van der Waals surface area contributed by atoms with Crippen LogP contribution in [0, 0.1) is 0 Å². The van der Waals surface area contributed by atoms with Crippen LogP contribution >= 0.6 is 0 Å². The van der Waals surface area contributed by atoms with E-state index in [1.54, 1.807) is 6.92 Å². The Bertz CT molecular complexity index is 339. The molecule has 1 amide bonds. The summed E-state index contributed by atoms with van der Waals surface area (Å²) < 4.78 is 5.50. The summed E-state index contributed by atoms with van der Waals surface area (Å²) in [5, 5.41) is 0. The minimum absolute atomic E-state index is 0.332. The molecule has 0 aliphatic rings. The van der Waals surface area contributed by atoms with Crippen LogP contribution in [0.4, 0.5) is 0 Å². The van der Waals surface area contributed by atoms with Crippen LogP contribution < -0.4 is 16.0 Å². The molecule has 1 aromatic carbocycles. The summed E-state index contributed by atoms with van der Waals surface area (Å²) >= 11 is 0. The molecule has 1 rings (SSSR count). The number of hydrogen-bond acceptors (Lipinski definition) is 3. The Kier molecular flexibility index (Phi) is 4.12. The van der Waals surface area contributed by atoms with Crippen LogP contribution in [-0.2, 0) is 11.2 Å². The van der Waals surface area contributed by atoms with E-state index in [9.17, 15) is 4.79 Å². The van der Waals surface area contributed by atoms with Gasteiger partial charge in [0.1, 0.15) is 5.75 Å². The van der Waals surface area contributed by atoms with Crippen molar-refractivity contribution in [2.24, 2.45) is 5.84 Å². The molecule has 3 N–H and O–H groups in total. The summed E-state index contributed by atoms with van der Waals surface area (Å²) in [6, 6.07) is 7.64. The molecule has 1 aromatic rings. The van der Waals surface area contributed by atoms with Gasteiger partial charge in [-0.25, -0.2) is 5.84 Å². The fourth-order valence-electron chi connectivity index (χ4n) is 1.27. The van der Waals surface area contributed by atoms with E-state index in [2.05, 4.69) is 5.43 Å². The molecule has 1 atom stereocenters. The standard InChI is InChI=1S/C11H16N2O2/c1-3-9-6-4-5-7-10(9)15-8(2)11(14)13-12/h4-8H,3,12H2,1-2H3,(H,13,14). The molecule has 0 aromatic heterocycles. The summed E-state index contributed by atoms with van der Waals surface area (Å²) in [6.07, 6.45) is 0.287. The third-order valence-corrected chi connectivity index (χ3v) is 2.17. The number of ether oxygens (including phenoxy) is 1. The number of carbonyl (C=O) groups excluding carboxylic acids is 1. The molecule has 0 radical (unpaired) electrons. The van der Waals surface area contributed by atoms with Gasteiger partial charge >= 0.3 is 0 Å². The smallest absolute Gasteiger partial charge is 0.274 e. The summed E-state index contributed by atoms with van der Waals surface area (Å²) in [7, 11) is 0. The molecule has 0 spiro atoms. The lowest BCUT2D eigenvalue weighted by atomic mass is 10.1. The topological polar surface area (TPSA) is 64.3 Å². The Morgan fingerprint density at radius 1 is 1.53 bits per heavy atom. The van der Waals surface area contributed by atoms with Gasteiger partial charge in [-0.15, -0.1) is 0 Å². The van der Waals surface area contributed by atoms with E-state index in [0.29, 0.717) is 0 Å². The highest BCUT2D eigenvalue weighted by molar-refractivity contribution is 5.80. The largest absolute Gasteiger partial charge is 0.481 e. The second kappa shape index (κ2) is 5.36. The molecule has 0 fully saturated rings. The molecule has 0 aliphatic carbocycles. The SMILES string of the molecule is CCc1ccccc1OC(C)C(=O)NN. The van der Waals surface area contributed by atoms with E-state index in [-0.39, 0.29) is 5.91 Å². The van der Waals surface area contributed by atoms with Crippen LogP contribution in [-0.4, -0.2) is 12.0 Å². The maximum absolute atomic E-state index is 11.2. The zero-order valence-corrected chi connectivity index (χ0v) is 8.99. The molecule has 1 unspecified atom stereocenters. The van der Waals surface area contributed by atoms with Crippen molar-refractivity contribution in [3.63, 3.8) is 0 Å². The molecule has 4 nitrogen and oxygen atoms in total. The van der Waals surface area contributed by atoms with Crippen LogP contribution in [0.1, 0.15) is 19.4 Å². The summed E-state index contributed by atoms with van der Waals surface area (Å²) in [6.45, 7) is 3.70. The highest BCUT2D eigenvalue weighted by Crippen LogP contribution is 2.19. The second-order valence-electron chi connectivity index (χ2n) is 3.23. The minimum Gasteiger partial charge on any atom is -0.481 e. The number of nitrogens with one attached hydrogen (secondary N) is 1. The van der Waals surface area contributed by atoms with Gasteiger partial charge in [-0.3, -0.25) is 10.2 Å². The molecule has 82 valence electrons. The summed E-state index contributed by atoms with van der Waals surface area (Å²) in [4.78, 5) is 11.2. The van der Waals surface area contributed by atoms with Crippen molar-refractivity contribution in [2.45, 2.75) is 26.4 Å². The van der Waals surface area contributed by atoms with Crippen molar-refractivity contribution in [3.8, 4) is 5.75 Å². The van der Waals surface area contributed by atoms with Crippen molar-refractivity contribution in [3.05, 3.63) is 29.8 Å². The second-order valence-corrected chi connectivity index (χ2v) is 3.23. The maximum atomic E-state index is 11.2. The molecule has 0 aliphatic heterocycles. The van der Waals surface area contributed by atoms with Crippen molar-refractivity contribution in [1.29, 1.82) is 0 Å². The lowest BCUT2D eigenvalue weighted by Crippen LogP contribution is -2.40. The predicted molar refractivity (Wildman–Crippen MR) is 58.2 cm³/mol. The van der Waals surface area contributed by atoms with Gasteiger partial charge in [0, 0.05) is 0 Å². The molecule has 0 heterocycles. The average Bonchev–Trinajstić information content (AvgIpc) is 2.28. The van der Waals surface area contributed by atoms with E-state index in [4.69, 9.17) is 10.6 Å². The Balaban J connectivity index is 2.75. The first-order valence-electron chi connectivity index (χ1n) is 4.94. The maximum Gasteiger partial charge on any atom is 0.274 e. The minimum atomic E-state index is -0.581. The quantitative estimate of drug-likeness (QED) is 0.441. The van der Waals surface area contributed by atoms with Crippen molar-refractivity contribution < 1.29 is 9.53 Å². The van der Waals surface area contributed by atoms with E-state index in [1.165, 1.54) is 0 Å². The molecular weight excluding hydrogens is 192 g/mol. The van der Waals surface area contributed by atoms with Gasteiger partial charge in [-0.2, -0.15) is 0 Å². The number of amides is 1. The zero-order valence-electron chi connectivity index (χ0n) is 8.99. The molecule has 15 heavy (non-hydrogen) atoms. The van der Waals surface area contributed by atoms with Gasteiger partial charge in [0.05, 0.1) is 0 Å². The number of aryl methyl sites for hydroxylation is 1.